The van der Waals surface area contributed by atoms with Crippen molar-refractivity contribution in [3.05, 3.63) is 44.4 Å². The second-order valence-electron chi connectivity index (χ2n) is 3.32. The predicted molar refractivity (Wildman–Crippen MR) is 72.7 cm³/mol. The quantitative estimate of drug-likeness (QED) is 0.828. The second kappa shape index (κ2) is 6.73. The van der Waals surface area contributed by atoms with Crippen LogP contribution >= 0.6 is 46.4 Å². The van der Waals surface area contributed by atoms with E-state index in [4.69, 9.17) is 46.4 Å². The second-order valence-corrected chi connectivity index (χ2v) is 4.87. The van der Waals surface area contributed by atoms with Gasteiger partial charge in [-0.05, 0) is 24.6 Å². The van der Waals surface area contributed by atoms with Gasteiger partial charge in [-0.15, -0.1) is 0 Å². The van der Waals surface area contributed by atoms with Crippen LogP contribution in [0.2, 0.25) is 10.0 Å². The zero-order valence-corrected chi connectivity index (χ0v) is 11.6. The number of rotatable bonds is 4. The van der Waals surface area contributed by atoms with Crippen LogP contribution in [0.15, 0.2) is 28.8 Å². The van der Waals surface area contributed by atoms with E-state index >= 15 is 0 Å². The first-order chi connectivity index (χ1) is 7.54. The molecule has 0 radical (unpaired) electrons. The van der Waals surface area contributed by atoms with E-state index in [0.717, 1.165) is 5.56 Å². The maximum atomic E-state index is 6.08. The lowest BCUT2D eigenvalue weighted by Gasteiger charge is -2.15. The summed E-state index contributed by atoms with van der Waals surface area (Å²) in [6.45, 7) is 2.50. The van der Waals surface area contributed by atoms with Gasteiger partial charge in [0.15, 0.2) is 0 Å². The Kier molecular flexibility index (Phi) is 5.95. The van der Waals surface area contributed by atoms with Crippen molar-refractivity contribution in [3.8, 4) is 0 Å². The lowest BCUT2D eigenvalue weighted by Crippen LogP contribution is -2.20. The fraction of sp³-hybridized carbons (Fsp3) is 0.273. The van der Waals surface area contributed by atoms with E-state index in [1.165, 1.54) is 5.54 Å². The van der Waals surface area contributed by atoms with E-state index < -0.39 is 0 Å². The van der Waals surface area contributed by atoms with Crippen molar-refractivity contribution in [1.29, 1.82) is 0 Å². The largest absolute Gasteiger partial charge is 0.305 e. The van der Waals surface area contributed by atoms with E-state index in [0.29, 0.717) is 21.6 Å². The molecule has 0 heterocycles. The Balaban J connectivity index is 2.69. The van der Waals surface area contributed by atoms with Gasteiger partial charge < -0.3 is 5.32 Å². The number of halogens is 4. The Bertz CT molecular complexity index is 390. The molecule has 1 atom stereocenters. The van der Waals surface area contributed by atoms with Crippen LogP contribution in [-0.2, 0) is 0 Å². The third-order valence-electron chi connectivity index (χ3n) is 2.12. The van der Waals surface area contributed by atoms with Gasteiger partial charge in [0.2, 0.25) is 0 Å². The summed E-state index contributed by atoms with van der Waals surface area (Å²) in [4.78, 5) is 0. The van der Waals surface area contributed by atoms with Crippen LogP contribution in [0.1, 0.15) is 18.5 Å². The molecule has 1 aromatic rings. The van der Waals surface area contributed by atoms with Gasteiger partial charge in [-0.3, -0.25) is 0 Å². The fourth-order valence-corrected chi connectivity index (χ4v) is 1.98. The average Bonchev–Trinajstić information content (AvgIpc) is 2.25. The highest BCUT2D eigenvalue weighted by atomic mass is 35.5. The maximum absolute atomic E-state index is 6.08. The lowest BCUT2D eigenvalue weighted by molar-refractivity contribution is 0.614. The van der Waals surface area contributed by atoms with Crippen molar-refractivity contribution in [3.63, 3.8) is 0 Å². The molecule has 1 nitrogen and oxygen atoms in total. The van der Waals surface area contributed by atoms with Crippen LogP contribution in [-0.4, -0.2) is 6.54 Å². The molecule has 0 spiro atoms. The third-order valence-corrected chi connectivity index (χ3v) is 3.30. The fourth-order valence-electron chi connectivity index (χ4n) is 1.25. The minimum Gasteiger partial charge on any atom is -0.305 e. The van der Waals surface area contributed by atoms with Gasteiger partial charge in [0.1, 0.15) is 0 Å². The van der Waals surface area contributed by atoms with Crippen molar-refractivity contribution in [2.45, 2.75) is 13.0 Å². The number of benzene rings is 1. The van der Waals surface area contributed by atoms with Crippen molar-refractivity contribution in [2.24, 2.45) is 0 Å². The molecule has 5 heteroatoms. The Hall–Kier alpha value is 0.0800. The van der Waals surface area contributed by atoms with Crippen LogP contribution in [0.3, 0.4) is 0 Å². The molecular weight excluding hydrogens is 288 g/mol. The molecule has 1 N–H and O–H groups in total. The molecule has 0 aliphatic heterocycles. The lowest BCUT2D eigenvalue weighted by atomic mass is 10.1. The Morgan fingerprint density at radius 2 is 2.12 bits per heavy atom. The molecule has 1 aromatic carbocycles. The first-order valence-corrected chi connectivity index (χ1v) is 6.24. The highest BCUT2D eigenvalue weighted by Gasteiger charge is 2.09. The number of hydrogen-bond donors (Lipinski definition) is 1. The van der Waals surface area contributed by atoms with Gasteiger partial charge >= 0.3 is 0 Å². The zero-order valence-electron chi connectivity index (χ0n) is 8.61. The Morgan fingerprint density at radius 3 is 2.69 bits per heavy atom. The van der Waals surface area contributed by atoms with Crippen molar-refractivity contribution in [1.82, 2.24) is 5.32 Å². The molecule has 0 amide bonds. The van der Waals surface area contributed by atoms with Crippen molar-refractivity contribution >= 4 is 46.4 Å². The minimum atomic E-state index is 0.0788. The van der Waals surface area contributed by atoms with Gasteiger partial charge in [-0.1, -0.05) is 52.5 Å². The van der Waals surface area contributed by atoms with Gasteiger partial charge in [0.25, 0.3) is 0 Å². The van der Waals surface area contributed by atoms with Gasteiger partial charge in [-0.2, -0.15) is 0 Å². The van der Waals surface area contributed by atoms with E-state index in [2.05, 4.69) is 5.32 Å². The van der Waals surface area contributed by atoms with Gasteiger partial charge in [0, 0.05) is 33.2 Å². The van der Waals surface area contributed by atoms with Crippen LogP contribution in [0.5, 0.6) is 0 Å². The molecular formula is C11H11Cl4N. The summed E-state index contributed by atoms with van der Waals surface area (Å²) in [5.74, 6) is 0. The van der Waals surface area contributed by atoms with Gasteiger partial charge in [0.05, 0.1) is 0 Å². The summed E-state index contributed by atoms with van der Waals surface area (Å²) in [5, 5.41) is 5.01. The summed E-state index contributed by atoms with van der Waals surface area (Å²) in [7, 11) is 0. The molecule has 1 rings (SSSR count). The molecule has 0 saturated heterocycles. The first kappa shape index (κ1) is 14.1. The number of hydrogen-bond acceptors (Lipinski definition) is 1. The molecule has 0 aliphatic rings. The average molecular weight is 299 g/mol. The standard InChI is InChI=1S/C11H11Cl4N/c1-7(16-6-9(14)5-12)10-3-2-8(13)4-11(10)15/h2-5,7,16H,6H2,1H3. The molecule has 0 bridgehead atoms. The molecule has 0 aliphatic carbocycles. The Labute approximate surface area is 115 Å². The van der Waals surface area contributed by atoms with E-state index in [1.54, 1.807) is 12.1 Å². The van der Waals surface area contributed by atoms with E-state index in [-0.39, 0.29) is 6.04 Å². The summed E-state index contributed by atoms with van der Waals surface area (Å²) >= 11 is 23.1. The molecule has 0 saturated carbocycles. The van der Waals surface area contributed by atoms with Crippen LogP contribution in [0.25, 0.3) is 0 Å². The summed E-state index contributed by atoms with van der Waals surface area (Å²) < 4.78 is 0. The molecule has 16 heavy (non-hydrogen) atoms. The maximum Gasteiger partial charge on any atom is 0.0468 e. The highest BCUT2D eigenvalue weighted by Crippen LogP contribution is 2.26. The predicted octanol–water partition coefficient (Wildman–Crippen LogP) is 4.96. The van der Waals surface area contributed by atoms with Crippen LogP contribution in [0.4, 0.5) is 0 Å². The zero-order chi connectivity index (χ0) is 12.1. The third kappa shape index (κ3) is 4.15. The molecule has 1 unspecified atom stereocenters. The molecule has 88 valence electrons. The van der Waals surface area contributed by atoms with Crippen LogP contribution < -0.4 is 5.32 Å². The first-order valence-electron chi connectivity index (χ1n) is 4.67. The Morgan fingerprint density at radius 1 is 1.44 bits per heavy atom. The van der Waals surface area contributed by atoms with E-state index in [1.807, 2.05) is 13.0 Å². The normalized spacial score (nSPS) is 13.9. The summed E-state index contributed by atoms with van der Waals surface area (Å²) in [5.41, 5.74) is 2.31. The smallest absolute Gasteiger partial charge is 0.0468 e. The monoisotopic (exact) mass is 297 g/mol. The van der Waals surface area contributed by atoms with Gasteiger partial charge in [-0.25, -0.2) is 0 Å². The van der Waals surface area contributed by atoms with Crippen molar-refractivity contribution < 1.29 is 0 Å². The summed E-state index contributed by atoms with van der Waals surface area (Å²) in [6.07, 6.45) is 0. The molecule has 0 aromatic heterocycles. The summed E-state index contributed by atoms with van der Waals surface area (Å²) in [6, 6.07) is 5.49. The number of nitrogens with one attached hydrogen (secondary N) is 1. The SMILES string of the molecule is CC(NCC(Cl)=CCl)c1ccc(Cl)cc1Cl. The minimum absolute atomic E-state index is 0.0788. The van der Waals surface area contributed by atoms with E-state index in [9.17, 15) is 0 Å². The molecule has 0 fully saturated rings. The van der Waals surface area contributed by atoms with Crippen LogP contribution in [0, 0.1) is 0 Å². The highest BCUT2D eigenvalue weighted by molar-refractivity contribution is 6.36. The van der Waals surface area contributed by atoms with Crippen molar-refractivity contribution in [2.75, 3.05) is 6.54 Å². The topological polar surface area (TPSA) is 12.0 Å².